The van der Waals surface area contributed by atoms with Crippen molar-refractivity contribution in [1.29, 1.82) is 0 Å². The largest absolute Gasteiger partial charge is 0.324 e. The number of hydrogen-bond acceptors (Lipinski definition) is 4. The van der Waals surface area contributed by atoms with Crippen LogP contribution in [0, 0.1) is 0 Å². The van der Waals surface area contributed by atoms with Crippen LogP contribution < -0.4 is 20.9 Å². The lowest BCUT2D eigenvalue weighted by Gasteiger charge is -2.29. The van der Waals surface area contributed by atoms with Crippen molar-refractivity contribution in [3.05, 3.63) is 90.5 Å². The van der Waals surface area contributed by atoms with Gasteiger partial charge in [0.2, 0.25) is 17.7 Å². The maximum Gasteiger partial charge on any atom is 0.246 e. The van der Waals surface area contributed by atoms with Gasteiger partial charge in [-0.2, -0.15) is 0 Å². The van der Waals surface area contributed by atoms with E-state index >= 15 is 0 Å². The van der Waals surface area contributed by atoms with Crippen molar-refractivity contribution in [2.45, 2.75) is 25.4 Å². The number of rotatable bonds is 6. The molecule has 1 aliphatic heterocycles. The van der Waals surface area contributed by atoms with E-state index in [0.717, 1.165) is 5.56 Å². The van der Waals surface area contributed by atoms with E-state index < -0.39 is 6.04 Å². The molecule has 2 atom stereocenters. The van der Waals surface area contributed by atoms with Crippen LogP contribution in [-0.2, 0) is 14.4 Å². The number of para-hydroxylation sites is 3. The number of benzene rings is 3. The summed E-state index contributed by atoms with van der Waals surface area (Å²) in [6, 6.07) is 24.6. The van der Waals surface area contributed by atoms with Gasteiger partial charge in [-0.1, -0.05) is 60.7 Å². The van der Waals surface area contributed by atoms with Crippen LogP contribution in [0.1, 0.15) is 24.9 Å². The van der Waals surface area contributed by atoms with Gasteiger partial charge in [0.1, 0.15) is 6.04 Å². The van der Waals surface area contributed by atoms with Gasteiger partial charge in [-0.25, -0.2) is 0 Å². The number of carbonyl (C=O) groups excluding carboxylic acids is 3. The van der Waals surface area contributed by atoms with Crippen LogP contribution in [0.15, 0.2) is 84.9 Å². The summed E-state index contributed by atoms with van der Waals surface area (Å²) < 4.78 is 0. The zero-order valence-corrected chi connectivity index (χ0v) is 18.3. The third-order valence-corrected chi connectivity index (χ3v) is 5.52. The van der Waals surface area contributed by atoms with Crippen LogP contribution in [-0.4, -0.2) is 30.3 Å². The minimum atomic E-state index is -0.729. The summed E-state index contributed by atoms with van der Waals surface area (Å²) >= 11 is 0. The molecule has 7 heteroatoms. The van der Waals surface area contributed by atoms with Crippen LogP contribution in [0.25, 0.3) is 0 Å². The topological polar surface area (TPSA) is 90.5 Å². The van der Waals surface area contributed by atoms with E-state index in [9.17, 15) is 14.4 Å². The monoisotopic (exact) mass is 442 g/mol. The molecule has 7 nitrogen and oxygen atoms in total. The fourth-order valence-corrected chi connectivity index (χ4v) is 3.99. The Kier molecular flexibility index (Phi) is 6.80. The quantitative estimate of drug-likeness (QED) is 0.543. The first-order valence-electron chi connectivity index (χ1n) is 10.9. The lowest BCUT2D eigenvalue weighted by Crippen LogP contribution is -2.46. The number of fused-ring (bicyclic) bond motifs is 1. The first-order chi connectivity index (χ1) is 16.0. The van der Waals surface area contributed by atoms with Crippen LogP contribution in [0.4, 0.5) is 17.1 Å². The van der Waals surface area contributed by atoms with Gasteiger partial charge in [0.25, 0.3) is 0 Å². The Morgan fingerprint density at radius 3 is 2.33 bits per heavy atom. The van der Waals surface area contributed by atoms with Crippen molar-refractivity contribution in [2.75, 3.05) is 22.1 Å². The molecule has 0 spiro atoms. The highest BCUT2D eigenvalue weighted by molar-refractivity contribution is 6.05. The molecule has 1 heterocycles. The summed E-state index contributed by atoms with van der Waals surface area (Å²) in [5.74, 6) is -0.621. The zero-order chi connectivity index (χ0) is 23.2. The number of anilines is 3. The van der Waals surface area contributed by atoms with Gasteiger partial charge in [-0.05, 0) is 36.8 Å². The Balaban J connectivity index is 1.54. The van der Waals surface area contributed by atoms with Gasteiger partial charge < -0.3 is 15.5 Å². The van der Waals surface area contributed by atoms with Crippen molar-refractivity contribution in [3.8, 4) is 0 Å². The van der Waals surface area contributed by atoms with Gasteiger partial charge in [0.05, 0.1) is 17.9 Å². The van der Waals surface area contributed by atoms with Crippen LogP contribution >= 0.6 is 0 Å². The maximum absolute atomic E-state index is 13.3. The highest BCUT2D eigenvalue weighted by atomic mass is 16.2. The standard InChI is InChI=1S/C26H26N4O3/c1-18-16-23(31)29-21-14-8-9-15-22(21)30(18)24(32)17-27-25(19-10-4-2-5-11-19)26(33)28-20-12-6-3-7-13-20/h2-15,18,25,27H,16-17H2,1H3,(H,28,33)(H,29,31). The molecule has 0 bridgehead atoms. The van der Waals surface area contributed by atoms with E-state index in [0.29, 0.717) is 17.1 Å². The molecule has 0 fully saturated rings. The average Bonchev–Trinajstić information content (AvgIpc) is 2.94. The number of amides is 3. The molecule has 3 aromatic carbocycles. The smallest absolute Gasteiger partial charge is 0.246 e. The number of nitrogens with one attached hydrogen (secondary N) is 3. The van der Waals surface area contributed by atoms with E-state index in [-0.39, 0.29) is 36.7 Å². The molecule has 0 radical (unpaired) electrons. The van der Waals surface area contributed by atoms with E-state index in [4.69, 9.17) is 0 Å². The van der Waals surface area contributed by atoms with Crippen molar-refractivity contribution >= 4 is 34.8 Å². The van der Waals surface area contributed by atoms with Crippen molar-refractivity contribution in [3.63, 3.8) is 0 Å². The fourth-order valence-electron chi connectivity index (χ4n) is 3.99. The Labute approximate surface area is 192 Å². The minimum absolute atomic E-state index is 0.0748. The second-order valence-corrected chi connectivity index (χ2v) is 7.96. The first kappa shape index (κ1) is 22.2. The zero-order valence-electron chi connectivity index (χ0n) is 18.3. The predicted molar refractivity (Wildman–Crippen MR) is 129 cm³/mol. The Bertz CT molecular complexity index is 1130. The fraction of sp³-hybridized carbons (Fsp3) is 0.192. The van der Waals surface area contributed by atoms with E-state index in [1.165, 1.54) is 0 Å². The summed E-state index contributed by atoms with van der Waals surface area (Å²) in [4.78, 5) is 40.3. The molecule has 0 saturated carbocycles. The maximum atomic E-state index is 13.3. The molecule has 0 aromatic heterocycles. The summed E-state index contributed by atoms with van der Waals surface area (Å²) in [7, 11) is 0. The molecule has 0 aliphatic carbocycles. The van der Waals surface area contributed by atoms with Gasteiger partial charge in [-0.15, -0.1) is 0 Å². The van der Waals surface area contributed by atoms with Crippen LogP contribution in [0.5, 0.6) is 0 Å². The SMILES string of the molecule is CC1CC(=O)Nc2ccccc2N1C(=O)CNC(C(=O)Nc1ccccc1)c1ccccc1. The van der Waals surface area contributed by atoms with Gasteiger partial charge in [0, 0.05) is 18.2 Å². The van der Waals surface area contributed by atoms with Crippen molar-refractivity contribution in [2.24, 2.45) is 0 Å². The summed E-state index contributed by atoms with van der Waals surface area (Å²) in [6.07, 6.45) is 0.191. The lowest BCUT2D eigenvalue weighted by molar-refractivity contribution is -0.119. The number of carbonyl (C=O) groups is 3. The Hall–Kier alpha value is -3.97. The normalized spacial score (nSPS) is 16.2. The predicted octanol–water partition coefficient (Wildman–Crippen LogP) is 3.72. The summed E-state index contributed by atoms with van der Waals surface area (Å²) in [5.41, 5.74) is 2.67. The molecule has 4 rings (SSSR count). The van der Waals surface area contributed by atoms with Crippen LogP contribution in [0.3, 0.4) is 0 Å². The Morgan fingerprint density at radius 2 is 1.61 bits per heavy atom. The molecule has 3 amide bonds. The van der Waals surface area contributed by atoms with Crippen molar-refractivity contribution < 1.29 is 14.4 Å². The van der Waals surface area contributed by atoms with Gasteiger partial charge >= 0.3 is 0 Å². The van der Waals surface area contributed by atoms with E-state index in [1.807, 2.05) is 85.8 Å². The number of nitrogens with zero attached hydrogens (tertiary/aromatic N) is 1. The molecular weight excluding hydrogens is 416 g/mol. The molecule has 33 heavy (non-hydrogen) atoms. The third-order valence-electron chi connectivity index (χ3n) is 5.52. The molecule has 3 aromatic rings. The van der Waals surface area contributed by atoms with Crippen molar-refractivity contribution in [1.82, 2.24) is 5.32 Å². The average molecular weight is 443 g/mol. The van der Waals surface area contributed by atoms with Gasteiger partial charge in [-0.3, -0.25) is 19.7 Å². The van der Waals surface area contributed by atoms with Crippen LogP contribution in [0.2, 0.25) is 0 Å². The molecule has 1 aliphatic rings. The second kappa shape index (κ2) is 10.1. The molecule has 168 valence electrons. The highest BCUT2D eigenvalue weighted by Gasteiger charge is 2.30. The minimum Gasteiger partial charge on any atom is -0.324 e. The second-order valence-electron chi connectivity index (χ2n) is 7.96. The Morgan fingerprint density at radius 1 is 0.970 bits per heavy atom. The van der Waals surface area contributed by atoms with E-state index in [2.05, 4.69) is 16.0 Å². The lowest BCUT2D eigenvalue weighted by atomic mass is 10.1. The third kappa shape index (κ3) is 5.27. The van der Waals surface area contributed by atoms with E-state index in [1.54, 1.807) is 11.0 Å². The first-order valence-corrected chi connectivity index (χ1v) is 10.9. The molecule has 2 unspecified atom stereocenters. The van der Waals surface area contributed by atoms with Gasteiger partial charge in [0.15, 0.2) is 0 Å². The number of hydrogen-bond donors (Lipinski definition) is 3. The molecule has 0 saturated heterocycles. The highest BCUT2D eigenvalue weighted by Crippen LogP contribution is 2.31. The molecular formula is C26H26N4O3. The summed E-state index contributed by atoms with van der Waals surface area (Å²) in [5, 5.41) is 8.89. The molecule has 3 N–H and O–H groups in total. The summed E-state index contributed by atoms with van der Waals surface area (Å²) in [6.45, 7) is 1.77.